The number of Topliss-reactive ketones (excluding diaryl/α,β-unsaturated/α-hetero) is 1. The van der Waals surface area contributed by atoms with E-state index < -0.39 is 34.9 Å². The molecule has 1 aliphatic rings. The number of rotatable bonds is 9. The molecule has 1 fully saturated rings. The number of ketones is 1. The van der Waals surface area contributed by atoms with Crippen molar-refractivity contribution in [1.29, 1.82) is 0 Å². The zero-order valence-corrected chi connectivity index (χ0v) is 24.7. The summed E-state index contributed by atoms with van der Waals surface area (Å²) in [4.78, 5) is 25.6. The number of ether oxygens (including phenoxy) is 2. The van der Waals surface area contributed by atoms with Crippen LogP contribution in [0.5, 0.6) is 0 Å². The quantitative estimate of drug-likeness (QED) is 0.291. The van der Waals surface area contributed by atoms with Gasteiger partial charge in [0.2, 0.25) is 0 Å². The molecule has 0 radical (unpaired) electrons. The fourth-order valence-corrected chi connectivity index (χ4v) is 5.73. The Hall–Kier alpha value is -3.37. The summed E-state index contributed by atoms with van der Waals surface area (Å²) < 4.78 is 52.9. The number of nitrogens with zero attached hydrogens (tertiary/aromatic N) is 2. The summed E-state index contributed by atoms with van der Waals surface area (Å²) in [5, 5.41) is 12.6. The van der Waals surface area contributed by atoms with E-state index in [1.54, 1.807) is 36.6 Å². The molecule has 1 saturated heterocycles. The number of benzene rings is 2. The number of fused-ring (bicyclic) bond motifs is 1. The van der Waals surface area contributed by atoms with Gasteiger partial charge in [-0.15, -0.1) is 0 Å². The molecular formula is C32H38F3N2O5-. The van der Waals surface area contributed by atoms with Gasteiger partial charge in [-0.25, -0.2) is 0 Å². The maximum absolute atomic E-state index is 13.1. The van der Waals surface area contributed by atoms with Crippen LogP contribution >= 0.6 is 0 Å². The number of para-hydroxylation sites is 1. The third-order valence-corrected chi connectivity index (χ3v) is 7.76. The summed E-state index contributed by atoms with van der Waals surface area (Å²) >= 11 is 0. The highest BCUT2D eigenvalue weighted by molar-refractivity contribution is 6.10. The van der Waals surface area contributed by atoms with Gasteiger partial charge in [0.05, 0.1) is 24.3 Å². The second-order valence-corrected chi connectivity index (χ2v) is 12.5. The van der Waals surface area contributed by atoms with E-state index in [1.807, 2.05) is 45.0 Å². The fourth-order valence-electron chi connectivity index (χ4n) is 5.73. The van der Waals surface area contributed by atoms with E-state index in [0.29, 0.717) is 43.1 Å². The van der Waals surface area contributed by atoms with Crippen molar-refractivity contribution in [2.24, 2.45) is 0 Å². The van der Waals surface area contributed by atoms with Crippen molar-refractivity contribution in [2.75, 3.05) is 13.2 Å². The normalized spacial score (nSPS) is 16.9. The lowest BCUT2D eigenvalue weighted by molar-refractivity contribution is -0.317. The van der Waals surface area contributed by atoms with Crippen LogP contribution in [0, 0.1) is 0 Å². The first-order valence-corrected chi connectivity index (χ1v) is 14.1. The third-order valence-electron chi connectivity index (χ3n) is 7.76. The van der Waals surface area contributed by atoms with Gasteiger partial charge in [0.1, 0.15) is 6.09 Å². The van der Waals surface area contributed by atoms with Gasteiger partial charge in [0.15, 0.2) is 5.79 Å². The number of aromatic nitrogens is 1. The summed E-state index contributed by atoms with van der Waals surface area (Å²) in [6, 6.07) is 14.6. The topological polar surface area (TPSA) is 83.8 Å². The molecule has 1 aromatic heterocycles. The number of halogens is 3. The van der Waals surface area contributed by atoms with Crippen LogP contribution < -0.4 is 5.11 Å². The Morgan fingerprint density at radius 1 is 0.952 bits per heavy atom. The van der Waals surface area contributed by atoms with Gasteiger partial charge in [-0.05, 0) is 77.5 Å². The molecule has 3 aromatic rings. The predicted molar refractivity (Wildman–Crippen MR) is 151 cm³/mol. The van der Waals surface area contributed by atoms with Gasteiger partial charge in [-0.3, -0.25) is 4.79 Å². The van der Waals surface area contributed by atoms with Crippen molar-refractivity contribution in [3.63, 3.8) is 0 Å². The van der Waals surface area contributed by atoms with E-state index in [0.717, 1.165) is 11.1 Å². The highest BCUT2D eigenvalue weighted by Gasteiger charge is 2.48. The van der Waals surface area contributed by atoms with Crippen LogP contribution in [-0.4, -0.2) is 57.6 Å². The molecule has 0 bridgehead atoms. The molecule has 1 amide bonds. The van der Waals surface area contributed by atoms with E-state index >= 15 is 0 Å². The number of hydrogen-bond donors (Lipinski definition) is 0. The molecule has 0 N–H and O–H groups in total. The second-order valence-electron chi connectivity index (χ2n) is 12.5. The van der Waals surface area contributed by atoms with Crippen molar-refractivity contribution in [3.05, 3.63) is 71.4 Å². The summed E-state index contributed by atoms with van der Waals surface area (Å²) in [7, 11) is 0. The minimum atomic E-state index is -4.93. The lowest BCUT2D eigenvalue weighted by atomic mass is 9.86. The molecule has 1 aliphatic heterocycles. The smallest absolute Gasteiger partial charge is 0.454 e. The molecule has 0 spiro atoms. The molecule has 42 heavy (non-hydrogen) atoms. The summed E-state index contributed by atoms with van der Waals surface area (Å²) in [6.07, 6.45) is -2.47. The molecule has 0 saturated carbocycles. The summed E-state index contributed by atoms with van der Waals surface area (Å²) in [5.74, 6) is -2.64. The monoisotopic (exact) mass is 587 g/mol. The molecule has 0 atom stereocenters. The molecule has 228 valence electrons. The standard InChI is InChI=1S/C32H39F3N2O5/c1-29(2,3)37(28(39)40)31(20-41-30(4,5)42-21-31)17-16-23-14-12-22(13-15-23)9-8-18-36-19-25(27(38)32(33,34)35)24-10-6-7-11-26(24)36/h6-7,10-15,19H,8-9,16-18,20-21H2,1-5H3,(H,39,40)/p-1. The van der Waals surface area contributed by atoms with Crippen molar-refractivity contribution in [2.45, 2.75) is 89.9 Å². The van der Waals surface area contributed by atoms with E-state index in [2.05, 4.69) is 0 Å². The van der Waals surface area contributed by atoms with E-state index in [-0.39, 0.29) is 18.8 Å². The van der Waals surface area contributed by atoms with E-state index in [4.69, 9.17) is 9.47 Å². The van der Waals surface area contributed by atoms with Crippen LogP contribution in [0.4, 0.5) is 18.0 Å². The SMILES string of the molecule is CC1(C)OCC(CCc2ccc(CCCn3cc(C(=O)C(F)(F)F)c4ccccc43)cc2)(N(C(=O)[O-])C(C)(C)C)CO1. The maximum atomic E-state index is 13.1. The van der Waals surface area contributed by atoms with Crippen LogP contribution in [0.1, 0.15) is 68.9 Å². The van der Waals surface area contributed by atoms with Gasteiger partial charge in [0.25, 0.3) is 5.78 Å². The highest BCUT2D eigenvalue weighted by Crippen LogP contribution is 2.36. The highest BCUT2D eigenvalue weighted by atomic mass is 19.4. The molecule has 0 aliphatic carbocycles. The van der Waals surface area contributed by atoms with Crippen molar-refractivity contribution < 1.29 is 37.3 Å². The van der Waals surface area contributed by atoms with E-state index in [9.17, 15) is 27.9 Å². The Morgan fingerprint density at radius 3 is 2.07 bits per heavy atom. The van der Waals surface area contributed by atoms with Crippen LogP contribution in [0.2, 0.25) is 0 Å². The Kier molecular flexibility index (Phi) is 8.81. The van der Waals surface area contributed by atoms with Crippen LogP contribution in [0.3, 0.4) is 0 Å². The lowest BCUT2D eigenvalue weighted by Crippen LogP contribution is -2.69. The predicted octanol–water partition coefficient (Wildman–Crippen LogP) is 5.92. The van der Waals surface area contributed by atoms with Crippen molar-refractivity contribution in [3.8, 4) is 0 Å². The Labute approximate surface area is 244 Å². The fraction of sp³-hybridized carbons (Fsp3) is 0.500. The minimum absolute atomic E-state index is 0.188. The lowest BCUT2D eigenvalue weighted by Gasteiger charge is -2.55. The van der Waals surface area contributed by atoms with E-state index in [1.165, 1.54) is 17.2 Å². The average Bonchev–Trinajstić information content (AvgIpc) is 3.26. The first-order chi connectivity index (χ1) is 19.5. The van der Waals surface area contributed by atoms with Gasteiger partial charge in [-0.1, -0.05) is 42.5 Å². The van der Waals surface area contributed by atoms with Crippen LogP contribution in [0.25, 0.3) is 10.9 Å². The van der Waals surface area contributed by atoms with Gasteiger partial charge in [0, 0.05) is 29.2 Å². The largest absolute Gasteiger partial charge is 0.530 e. The van der Waals surface area contributed by atoms with Gasteiger partial charge >= 0.3 is 6.18 Å². The van der Waals surface area contributed by atoms with Crippen molar-refractivity contribution in [1.82, 2.24) is 9.47 Å². The summed E-state index contributed by atoms with van der Waals surface area (Å²) in [5.41, 5.74) is 0.728. The molecule has 10 heteroatoms. The molecule has 4 rings (SSSR count). The number of amides is 1. The molecule has 7 nitrogen and oxygen atoms in total. The molecule has 2 heterocycles. The number of carbonyl (C=O) groups is 2. The maximum Gasteiger partial charge on any atom is 0.454 e. The Morgan fingerprint density at radius 2 is 1.52 bits per heavy atom. The number of hydrogen-bond acceptors (Lipinski definition) is 5. The molecule has 0 unspecified atom stereocenters. The number of aryl methyl sites for hydroxylation is 3. The van der Waals surface area contributed by atoms with Gasteiger partial charge < -0.3 is 28.8 Å². The Bertz CT molecular complexity index is 1410. The zero-order chi connectivity index (χ0) is 30.9. The second kappa shape index (κ2) is 11.7. The number of alkyl halides is 3. The Balaban J connectivity index is 1.41. The van der Waals surface area contributed by atoms with Crippen LogP contribution in [-0.2, 0) is 28.9 Å². The number of carbonyl (C=O) groups excluding carboxylic acids is 2. The first kappa shape index (κ1) is 31.6. The third kappa shape index (κ3) is 6.98. The minimum Gasteiger partial charge on any atom is -0.530 e. The summed E-state index contributed by atoms with van der Waals surface area (Å²) in [6.45, 7) is 9.91. The van der Waals surface area contributed by atoms with Crippen LogP contribution in [0.15, 0.2) is 54.7 Å². The van der Waals surface area contributed by atoms with Crippen molar-refractivity contribution >= 4 is 22.8 Å². The van der Waals surface area contributed by atoms with Gasteiger partial charge in [-0.2, -0.15) is 13.2 Å². The molecule has 2 aromatic carbocycles. The zero-order valence-electron chi connectivity index (χ0n) is 24.7. The molecular weight excluding hydrogens is 549 g/mol. The first-order valence-electron chi connectivity index (χ1n) is 14.1. The number of carboxylic acid groups (broad SMARTS) is 1. The average molecular weight is 588 g/mol.